The molecule has 0 spiro atoms. The van der Waals surface area contributed by atoms with Gasteiger partial charge in [0.1, 0.15) is 28.3 Å². The summed E-state index contributed by atoms with van der Waals surface area (Å²) >= 11 is 6.25. The normalized spacial score (nSPS) is 15.1. The zero-order chi connectivity index (χ0) is 23.1. The van der Waals surface area contributed by atoms with Crippen LogP contribution in [0.4, 0.5) is 11.6 Å². The number of nitriles is 1. The van der Waals surface area contributed by atoms with Gasteiger partial charge in [-0.1, -0.05) is 11.6 Å². The van der Waals surface area contributed by atoms with Crippen LogP contribution in [0.3, 0.4) is 0 Å². The maximum Gasteiger partial charge on any atom is 0.264 e. The molecule has 11 nitrogen and oxygen atoms in total. The van der Waals surface area contributed by atoms with E-state index in [4.69, 9.17) is 21.9 Å². The monoisotopic (exact) mass is 478 g/mol. The van der Waals surface area contributed by atoms with Crippen LogP contribution in [0, 0.1) is 18.3 Å². The minimum Gasteiger partial charge on any atom is -0.382 e. The summed E-state index contributed by atoms with van der Waals surface area (Å²) in [5.74, 6) is 0.261. The number of nitrogens with two attached hydrogens (primary N) is 1. The van der Waals surface area contributed by atoms with Crippen molar-refractivity contribution in [2.75, 3.05) is 23.3 Å². The Kier molecular flexibility index (Phi) is 5.74. The zero-order valence-electron chi connectivity index (χ0n) is 17.4. The molecule has 0 aromatic carbocycles. The number of anilines is 2. The van der Waals surface area contributed by atoms with E-state index in [1.807, 2.05) is 16.9 Å². The topological polar surface area (TPSA) is 164 Å². The lowest BCUT2D eigenvalue weighted by molar-refractivity contribution is 0.391. The number of halogens is 1. The maximum atomic E-state index is 11.0. The van der Waals surface area contributed by atoms with E-state index in [0.717, 1.165) is 18.5 Å². The highest BCUT2D eigenvalue weighted by Gasteiger charge is 2.44. The predicted octanol–water partition coefficient (Wildman–Crippen LogP) is 2.15. The van der Waals surface area contributed by atoms with Crippen molar-refractivity contribution in [3.8, 4) is 6.07 Å². The second-order valence-electron chi connectivity index (χ2n) is 8.01. The first kappa shape index (κ1) is 22.3. The molecule has 0 aliphatic heterocycles. The van der Waals surface area contributed by atoms with Gasteiger partial charge in [0.2, 0.25) is 0 Å². The first-order chi connectivity index (χ1) is 15.1. The Labute approximate surface area is 189 Å². The summed E-state index contributed by atoms with van der Waals surface area (Å²) in [4.78, 5) is 4.43. The summed E-state index contributed by atoms with van der Waals surface area (Å²) < 4.78 is 34.1. The number of nitrogen functional groups attached to an aromatic ring is 1. The Morgan fingerprint density at radius 1 is 1.41 bits per heavy atom. The van der Waals surface area contributed by atoms with Crippen LogP contribution in [0.5, 0.6) is 0 Å². The van der Waals surface area contributed by atoms with Crippen molar-refractivity contribution in [3.05, 3.63) is 34.2 Å². The lowest BCUT2D eigenvalue weighted by atomic mass is 10.1. The number of aromatic nitrogens is 5. The SMILES string of the molecule is Cc1nn2c(N)c(C#N)c(NCCc3ccn(C4(CCCS(=O)(=O)O)CC4)n3)nc2c1Cl. The van der Waals surface area contributed by atoms with Crippen molar-refractivity contribution in [2.45, 2.75) is 44.6 Å². The lowest BCUT2D eigenvalue weighted by Crippen LogP contribution is -2.19. The molecule has 0 saturated heterocycles. The molecule has 4 N–H and O–H groups in total. The van der Waals surface area contributed by atoms with E-state index in [9.17, 15) is 13.7 Å². The molecule has 3 aromatic rings. The Morgan fingerprint density at radius 3 is 2.81 bits per heavy atom. The molecular formula is C19H23ClN8O3S. The van der Waals surface area contributed by atoms with Crippen LogP contribution in [0.15, 0.2) is 12.3 Å². The minimum absolute atomic E-state index is 0.165. The van der Waals surface area contributed by atoms with Crippen molar-refractivity contribution in [3.63, 3.8) is 0 Å². The van der Waals surface area contributed by atoms with Gasteiger partial charge in [-0.15, -0.1) is 0 Å². The molecule has 3 aromatic heterocycles. The third kappa shape index (κ3) is 4.36. The molecular weight excluding hydrogens is 456 g/mol. The molecule has 1 saturated carbocycles. The highest BCUT2D eigenvalue weighted by molar-refractivity contribution is 7.85. The third-order valence-electron chi connectivity index (χ3n) is 5.69. The predicted molar refractivity (Wildman–Crippen MR) is 119 cm³/mol. The summed E-state index contributed by atoms with van der Waals surface area (Å²) in [5.41, 5.74) is 7.92. The smallest absolute Gasteiger partial charge is 0.264 e. The van der Waals surface area contributed by atoms with Crippen molar-refractivity contribution >= 4 is 39.0 Å². The fraction of sp³-hybridized carbons (Fsp3) is 0.474. The van der Waals surface area contributed by atoms with Gasteiger partial charge < -0.3 is 11.1 Å². The second kappa shape index (κ2) is 8.23. The van der Waals surface area contributed by atoms with Crippen LogP contribution in [-0.2, 0) is 22.1 Å². The summed E-state index contributed by atoms with van der Waals surface area (Å²) in [5, 5.41) is 21.9. The van der Waals surface area contributed by atoms with Crippen molar-refractivity contribution in [1.82, 2.24) is 24.4 Å². The van der Waals surface area contributed by atoms with Crippen LogP contribution in [0.1, 0.15) is 42.6 Å². The molecule has 0 bridgehead atoms. The number of aryl methyl sites for hydroxylation is 1. The summed E-state index contributed by atoms with van der Waals surface area (Å²) in [6, 6.07) is 3.98. The largest absolute Gasteiger partial charge is 0.382 e. The van der Waals surface area contributed by atoms with E-state index >= 15 is 0 Å². The quantitative estimate of drug-likeness (QED) is 0.390. The molecule has 1 aliphatic carbocycles. The highest BCUT2D eigenvalue weighted by atomic mass is 35.5. The fourth-order valence-corrected chi connectivity index (χ4v) is 4.45. The standard InChI is InChI=1S/C19H23ClN8O3S/c1-12-15(20)18-24-17(14(11-21)16(22)28(18)25-12)23-8-3-13-4-9-27(26-13)19(6-7-19)5-2-10-32(29,30)31/h4,9H,2-3,5-8,10,22H2,1H3,(H,23,24)(H,29,30,31). The number of rotatable bonds is 9. The van der Waals surface area contributed by atoms with Crippen LogP contribution >= 0.6 is 11.6 Å². The van der Waals surface area contributed by atoms with Gasteiger partial charge in [-0.05, 0) is 38.7 Å². The minimum atomic E-state index is -3.95. The van der Waals surface area contributed by atoms with Gasteiger partial charge in [-0.2, -0.15) is 28.4 Å². The maximum absolute atomic E-state index is 11.0. The van der Waals surface area contributed by atoms with E-state index in [2.05, 4.69) is 26.6 Å². The summed E-state index contributed by atoms with van der Waals surface area (Å²) in [6.07, 6.45) is 5.37. The molecule has 1 aliphatic rings. The molecule has 4 rings (SSSR count). The van der Waals surface area contributed by atoms with Gasteiger partial charge in [0, 0.05) is 19.2 Å². The Hall–Kier alpha value is -2.88. The molecule has 1 fully saturated rings. The van der Waals surface area contributed by atoms with Crippen LogP contribution in [-0.4, -0.2) is 49.6 Å². The van der Waals surface area contributed by atoms with E-state index < -0.39 is 10.1 Å². The van der Waals surface area contributed by atoms with Gasteiger partial charge in [-0.25, -0.2) is 4.98 Å². The Morgan fingerprint density at radius 2 is 2.16 bits per heavy atom. The molecule has 13 heteroatoms. The van der Waals surface area contributed by atoms with Gasteiger partial charge in [0.15, 0.2) is 5.65 Å². The molecule has 0 radical (unpaired) electrons. The molecule has 0 unspecified atom stereocenters. The Bertz CT molecular complexity index is 1320. The first-order valence-electron chi connectivity index (χ1n) is 10.1. The number of nitrogens with zero attached hydrogens (tertiary/aromatic N) is 6. The Balaban J connectivity index is 1.42. The summed E-state index contributed by atoms with van der Waals surface area (Å²) in [6.45, 7) is 2.20. The second-order valence-corrected chi connectivity index (χ2v) is 9.96. The third-order valence-corrected chi connectivity index (χ3v) is 6.94. The number of hydrogen-bond acceptors (Lipinski definition) is 8. The zero-order valence-corrected chi connectivity index (χ0v) is 19.0. The molecule has 0 amide bonds. The van der Waals surface area contributed by atoms with E-state index in [-0.39, 0.29) is 22.7 Å². The highest BCUT2D eigenvalue weighted by Crippen LogP contribution is 2.47. The average Bonchev–Trinajstić information content (AvgIpc) is 3.25. The molecule has 170 valence electrons. The fourth-order valence-electron chi connectivity index (χ4n) is 3.78. The van der Waals surface area contributed by atoms with Crippen LogP contribution < -0.4 is 11.1 Å². The number of nitrogens with one attached hydrogen (secondary N) is 1. The van der Waals surface area contributed by atoms with Crippen molar-refractivity contribution in [1.29, 1.82) is 5.26 Å². The van der Waals surface area contributed by atoms with Gasteiger partial charge >= 0.3 is 0 Å². The van der Waals surface area contributed by atoms with Gasteiger partial charge in [-0.3, -0.25) is 9.23 Å². The van der Waals surface area contributed by atoms with Crippen LogP contribution in [0.2, 0.25) is 5.02 Å². The van der Waals surface area contributed by atoms with Crippen molar-refractivity contribution in [2.24, 2.45) is 0 Å². The van der Waals surface area contributed by atoms with Crippen LogP contribution in [0.25, 0.3) is 5.65 Å². The molecule has 0 atom stereocenters. The summed E-state index contributed by atoms with van der Waals surface area (Å²) in [7, 11) is -3.95. The average molecular weight is 479 g/mol. The van der Waals surface area contributed by atoms with Gasteiger partial charge in [0.25, 0.3) is 10.1 Å². The molecule has 32 heavy (non-hydrogen) atoms. The first-order valence-corrected chi connectivity index (χ1v) is 12.1. The van der Waals surface area contributed by atoms with E-state index in [1.54, 1.807) is 6.92 Å². The van der Waals surface area contributed by atoms with E-state index in [0.29, 0.717) is 48.0 Å². The van der Waals surface area contributed by atoms with E-state index in [1.165, 1.54) is 4.52 Å². The number of fused-ring (bicyclic) bond motifs is 1. The van der Waals surface area contributed by atoms with Gasteiger partial charge in [0.05, 0.1) is 22.7 Å². The molecule has 3 heterocycles. The number of hydrogen-bond donors (Lipinski definition) is 3. The lowest BCUT2D eigenvalue weighted by Gasteiger charge is -2.15. The van der Waals surface area contributed by atoms with Crippen molar-refractivity contribution < 1.29 is 13.0 Å².